The lowest BCUT2D eigenvalue weighted by Gasteiger charge is -2.28. The zero-order valence-electron chi connectivity index (χ0n) is 22.7. The van der Waals surface area contributed by atoms with E-state index in [4.69, 9.17) is 10.8 Å². The number of carbonyl (C=O) groups is 5. The van der Waals surface area contributed by atoms with E-state index in [1.165, 1.54) is 0 Å². The standard InChI is InChI=1S/C27H39N5O7/c1-5-15(4)23(32-24(35)19(10-11-21(33)34)30-25(36)22(28)14(2)3)26(37)31-20(27(38)39)12-16-13-29-18-9-7-6-8-17(16)18/h6-9,13-15,19-20,22-23,29H,5,10-12,28H2,1-4H3,(H,30,36)(H,31,37)(H,32,35)(H,33,34)(H,38,39). The van der Waals surface area contributed by atoms with Crippen LogP contribution in [-0.2, 0) is 30.4 Å². The smallest absolute Gasteiger partial charge is 0.326 e. The molecule has 0 saturated heterocycles. The SMILES string of the molecule is CCC(C)C(NC(=O)C(CCC(=O)O)NC(=O)C(N)C(C)C)C(=O)NC(Cc1c[nH]c2ccccc12)C(=O)O. The summed E-state index contributed by atoms with van der Waals surface area (Å²) in [5, 5.41) is 27.4. The van der Waals surface area contributed by atoms with Crippen molar-refractivity contribution >= 4 is 40.6 Å². The third-order valence-corrected chi connectivity index (χ3v) is 6.81. The summed E-state index contributed by atoms with van der Waals surface area (Å²) in [6.07, 6.45) is 1.56. The van der Waals surface area contributed by atoms with E-state index in [0.717, 1.165) is 10.9 Å². The highest BCUT2D eigenvalue weighted by Gasteiger charge is 2.33. The molecule has 5 atom stereocenters. The van der Waals surface area contributed by atoms with Gasteiger partial charge in [-0.1, -0.05) is 52.3 Å². The number of para-hydroxylation sites is 1. The first-order chi connectivity index (χ1) is 18.3. The van der Waals surface area contributed by atoms with Gasteiger partial charge in [0.2, 0.25) is 17.7 Å². The number of amides is 3. The molecular weight excluding hydrogens is 506 g/mol. The van der Waals surface area contributed by atoms with Crippen molar-refractivity contribution in [3.05, 3.63) is 36.0 Å². The maximum atomic E-state index is 13.3. The second-order valence-electron chi connectivity index (χ2n) is 10.1. The average molecular weight is 546 g/mol. The molecule has 12 nitrogen and oxygen atoms in total. The highest BCUT2D eigenvalue weighted by molar-refractivity contribution is 5.94. The highest BCUT2D eigenvalue weighted by atomic mass is 16.4. The summed E-state index contributed by atoms with van der Waals surface area (Å²) in [6.45, 7) is 6.99. The number of aliphatic carboxylic acids is 2. The molecule has 8 N–H and O–H groups in total. The number of aromatic nitrogens is 1. The fourth-order valence-electron chi connectivity index (χ4n) is 4.05. The van der Waals surface area contributed by atoms with Crippen molar-refractivity contribution in [2.24, 2.45) is 17.6 Å². The zero-order valence-corrected chi connectivity index (χ0v) is 22.7. The van der Waals surface area contributed by atoms with Crippen LogP contribution in [0.4, 0.5) is 0 Å². The van der Waals surface area contributed by atoms with Gasteiger partial charge in [-0.05, 0) is 29.9 Å². The van der Waals surface area contributed by atoms with Crippen molar-refractivity contribution in [1.82, 2.24) is 20.9 Å². The third kappa shape index (κ3) is 8.81. The van der Waals surface area contributed by atoms with Crippen LogP contribution in [0, 0.1) is 11.8 Å². The minimum absolute atomic E-state index is 0.0106. The lowest BCUT2D eigenvalue weighted by atomic mass is 9.96. The molecule has 0 aliphatic heterocycles. The predicted octanol–water partition coefficient (Wildman–Crippen LogP) is 1.14. The van der Waals surface area contributed by atoms with Gasteiger partial charge in [-0.15, -0.1) is 0 Å². The van der Waals surface area contributed by atoms with Crippen LogP contribution in [0.2, 0.25) is 0 Å². The number of rotatable bonds is 15. The second kappa shape index (κ2) is 14.3. The van der Waals surface area contributed by atoms with Crippen molar-refractivity contribution in [2.45, 2.75) is 77.5 Å². The van der Waals surface area contributed by atoms with E-state index in [2.05, 4.69) is 20.9 Å². The fourth-order valence-corrected chi connectivity index (χ4v) is 4.05. The molecule has 1 heterocycles. The van der Waals surface area contributed by atoms with Gasteiger partial charge in [-0.2, -0.15) is 0 Å². The van der Waals surface area contributed by atoms with Gasteiger partial charge in [0.05, 0.1) is 6.04 Å². The van der Waals surface area contributed by atoms with Crippen molar-refractivity contribution in [3.8, 4) is 0 Å². The number of carboxylic acid groups (broad SMARTS) is 2. The number of carboxylic acids is 2. The summed E-state index contributed by atoms with van der Waals surface area (Å²) >= 11 is 0. The van der Waals surface area contributed by atoms with Gasteiger partial charge in [0.1, 0.15) is 18.1 Å². The lowest BCUT2D eigenvalue weighted by molar-refractivity contribution is -0.142. The van der Waals surface area contributed by atoms with Gasteiger partial charge in [0.25, 0.3) is 0 Å². The number of fused-ring (bicyclic) bond motifs is 1. The van der Waals surface area contributed by atoms with E-state index in [1.54, 1.807) is 27.0 Å². The number of aromatic amines is 1. The molecule has 2 aromatic rings. The van der Waals surface area contributed by atoms with Crippen LogP contribution < -0.4 is 21.7 Å². The summed E-state index contributed by atoms with van der Waals surface area (Å²) in [7, 11) is 0. The van der Waals surface area contributed by atoms with Crippen LogP contribution in [-0.4, -0.2) is 69.0 Å². The topological polar surface area (TPSA) is 204 Å². The van der Waals surface area contributed by atoms with E-state index in [1.807, 2.05) is 31.2 Å². The average Bonchev–Trinajstić information content (AvgIpc) is 3.30. The quantitative estimate of drug-likeness (QED) is 0.172. The maximum Gasteiger partial charge on any atom is 0.326 e. The summed E-state index contributed by atoms with van der Waals surface area (Å²) in [6, 6.07) is 2.81. The van der Waals surface area contributed by atoms with Crippen LogP contribution in [0.15, 0.2) is 30.5 Å². The van der Waals surface area contributed by atoms with Crippen LogP contribution in [0.25, 0.3) is 10.9 Å². The zero-order chi connectivity index (χ0) is 29.3. The molecule has 2 rings (SSSR count). The molecule has 0 spiro atoms. The molecule has 1 aromatic heterocycles. The van der Waals surface area contributed by atoms with Crippen LogP contribution in [0.5, 0.6) is 0 Å². The van der Waals surface area contributed by atoms with Gasteiger partial charge in [0.15, 0.2) is 0 Å². The first-order valence-corrected chi connectivity index (χ1v) is 13.0. The molecule has 0 aliphatic rings. The van der Waals surface area contributed by atoms with Crippen molar-refractivity contribution in [2.75, 3.05) is 0 Å². The Hall–Kier alpha value is -3.93. The normalized spacial score (nSPS) is 15.1. The Bertz CT molecular complexity index is 1180. The molecule has 0 aliphatic carbocycles. The Labute approximate surface area is 227 Å². The van der Waals surface area contributed by atoms with E-state index in [0.29, 0.717) is 12.0 Å². The molecule has 12 heteroatoms. The van der Waals surface area contributed by atoms with Gasteiger partial charge < -0.3 is 36.9 Å². The minimum atomic E-state index is -1.27. The number of hydrogen-bond donors (Lipinski definition) is 7. The Morgan fingerprint density at radius 3 is 2.15 bits per heavy atom. The van der Waals surface area contributed by atoms with Gasteiger partial charge in [-0.3, -0.25) is 19.2 Å². The van der Waals surface area contributed by atoms with Gasteiger partial charge in [-0.25, -0.2) is 4.79 Å². The molecular formula is C27H39N5O7. The first-order valence-electron chi connectivity index (χ1n) is 13.0. The summed E-state index contributed by atoms with van der Waals surface area (Å²) < 4.78 is 0. The van der Waals surface area contributed by atoms with Gasteiger partial charge in [0, 0.05) is 29.9 Å². The van der Waals surface area contributed by atoms with Crippen molar-refractivity contribution < 1.29 is 34.2 Å². The number of benzene rings is 1. The molecule has 0 fully saturated rings. The Morgan fingerprint density at radius 2 is 1.56 bits per heavy atom. The number of H-pyrrole nitrogens is 1. The number of nitrogens with two attached hydrogens (primary N) is 1. The number of nitrogens with one attached hydrogen (secondary N) is 4. The van der Waals surface area contributed by atoms with Gasteiger partial charge >= 0.3 is 11.9 Å². The van der Waals surface area contributed by atoms with Crippen LogP contribution in [0.3, 0.4) is 0 Å². The minimum Gasteiger partial charge on any atom is -0.481 e. The molecule has 39 heavy (non-hydrogen) atoms. The summed E-state index contributed by atoms with van der Waals surface area (Å²) in [5.74, 6) is -5.10. The predicted molar refractivity (Wildman–Crippen MR) is 145 cm³/mol. The van der Waals surface area contributed by atoms with E-state index >= 15 is 0 Å². The van der Waals surface area contributed by atoms with Crippen LogP contribution >= 0.6 is 0 Å². The Morgan fingerprint density at radius 1 is 0.923 bits per heavy atom. The molecule has 0 saturated carbocycles. The van der Waals surface area contributed by atoms with E-state index in [-0.39, 0.29) is 18.8 Å². The second-order valence-corrected chi connectivity index (χ2v) is 10.1. The summed E-state index contributed by atoms with van der Waals surface area (Å²) in [4.78, 5) is 65.3. The summed E-state index contributed by atoms with van der Waals surface area (Å²) in [5.41, 5.74) is 7.42. The molecule has 1 aromatic carbocycles. The molecule has 0 bridgehead atoms. The fraction of sp³-hybridized carbons (Fsp3) is 0.519. The van der Waals surface area contributed by atoms with Crippen molar-refractivity contribution in [1.29, 1.82) is 0 Å². The Kier molecular flexibility index (Phi) is 11.5. The number of carbonyl (C=O) groups excluding carboxylic acids is 3. The molecule has 214 valence electrons. The van der Waals surface area contributed by atoms with E-state index in [9.17, 15) is 29.1 Å². The van der Waals surface area contributed by atoms with Crippen LogP contribution in [0.1, 0.15) is 52.5 Å². The lowest BCUT2D eigenvalue weighted by Crippen LogP contribution is -2.59. The first kappa shape index (κ1) is 31.3. The number of hydrogen-bond acceptors (Lipinski definition) is 6. The van der Waals surface area contributed by atoms with E-state index < -0.39 is 66.2 Å². The molecule has 3 amide bonds. The maximum absolute atomic E-state index is 13.3. The molecule has 5 unspecified atom stereocenters. The van der Waals surface area contributed by atoms with Crippen molar-refractivity contribution in [3.63, 3.8) is 0 Å². The third-order valence-electron chi connectivity index (χ3n) is 6.81. The molecule has 0 radical (unpaired) electrons. The highest BCUT2D eigenvalue weighted by Crippen LogP contribution is 2.19. The Balaban J connectivity index is 2.21. The monoisotopic (exact) mass is 545 g/mol. The largest absolute Gasteiger partial charge is 0.481 e.